The normalized spacial score (nSPS) is 17.8. The third-order valence-corrected chi connectivity index (χ3v) is 2.42. The highest BCUT2D eigenvalue weighted by Gasteiger charge is 2.24. The molecule has 2 N–H and O–H groups in total. The molecule has 1 aliphatic heterocycles. The first-order valence-electron chi connectivity index (χ1n) is 5.18. The van der Waals surface area contributed by atoms with Crippen molar-refractivity contribution in [2.24, 2.45) is 5.73 Å². The minimum Gasteiger partial charge on any atom is -0.342 e. The van der Waals surface area contributed by atoms with E-state index in [-0.39, 0.29) is 5.91 Å². The monoisotopic (exact) mass is 213 g/mol. The number of nitrogens with zero attached hydrogens (tertiary/aromatic N) is 2. The Morgan fingerprint density at radius 2 is 1.87 bits per heavy atom. The summed E-state index contributed by atoms with van der Waals surface area (Å²) in [6, 6.07) is 0. The molecule has 0 radical (unpaired) electrons. The molecule has 0 unspecified atom stereocenters. The van der Waals surface area contributed by atoms with Gasteiger partial charge in [-0.15, -0.1) is 0 Å². The lowest BCUT2D eigenvalue weighted by molar-refractivity contribution is -0.136. The third-order valence-electron chi connectivity index (χ3n) is 2.42. The molecule has 5 nitrogen and oxygen atoms in total. The largest absolute Gasteiger partial charge is 0.342 e. The topological polar surface area (TPSA) is 66.6 Å². The van der Waals surface area contributed by atoms with Crippen molar-refractivity contribution in [1.82, 2.24) is 9.80 Å². The van der Waals surface area contributed by atoms with Crippen LogP contribution in [0.4, 0.5) is 0 Å². The van der Waals surface area contributed by atoms with Crippen LogP contribution in [0.3, 0.4) is 0 Å². The fourth-order valence-electron chi connectivity index (χ4n) is 1.58. The molecule has 0 aromatic carbocycles. The molecule has 15 heavy (non-hydrogen) atoms. The van der Waals surface area contributed by atoms with E-state index in [1.807, 2.05) is 13.8 Å². The van der Waals surface area contributed by atoms with Gasteiger partial charge in [-0.25, -0.2) is 0 Å². The summed E-state index contributed by atoms with van der Waals surface area (Å²) in [4.78, 5) is 25.7. The van der Waals surface area contributed by atoms with Crippen LogP contribution in [-0.2, 0) is 9.59 Å². The highest BCUT2D eigenvalue weighted by atomic mass is 16.2. The number of amides is 2. The standard InChI is InChI=1S/C10H19N3O2/c1-10(2,11)7-9(15)13-5-3-12(8-14)4-6-13/h8H,3-7,11H2,1-2H3. The molecule has 2 amide bonds. The van der Waals surface area contributed by atoms with Gasteiger partial charge in [0.25, 0.3) is 0 Å². The van der Waals surface area contributed by atoms with Gasteiger partial charge in [0.1, 0.15) is 0 Å². The van der Waals surface area contributed by atoms with E-state index >= 15 is 0 Å². The molecular formula is C10H19N3O2. The van der Waals surface area contributed by atoms with Crippen molar-refractivity contribution in [2.45, 2.75) is 25.8 Å². The van der Waals surface area contributed by atoms with Crippen molar-refractivity contribution in [3.05, 3.63) is 0 Å². The van der Waals surface area contributed by atoms with Gasteiger partial charge in [-0.3, -0.25) is 9.59 Å². The van der Waals surface area contributed by atoms with E-state index in [1.165, 1.54) is 0 Å². The van der Waals surface area contributed by atoms with Gasteiger partial charge in [-0.2, -0.15) is 0 Å². The van der Waals surface area contributed by atoms with Crippen LogP contribution in [0.15, 0.2) is 0 Å². The van der Waals surface area contributed by atoms with Crippen molar-refractivity contribution in [2.75, 3.05) is 26.2 Å². The number of rotatable bonds is 3. The lowest BCUT2D eigenvalue weighted by Gasteiger charge is -2.34. The van der Waals surface area contributed by atoms with E-state index in [9.17, 15) is 9.59 Å². The van der Waals surface area contributed by atoms with Gasteiger partial charge in [0.15, 0.2) is 0 Å². The van der Waals surface area contributed by atoms with Crippen LogP contribution in [0.2, 0.25) is 0 Å². The van der Waals surface area contributed by atoms with E-state index in [0.29, 0.717) is 32.6 Å². The van der Waals surface area contributed by atoms with Crippen molar-refractivity contribution in [1.29, 1.82) is 0 Å². The zero-order valence-electron chi connectivity index (χ0n) is 9.40. The number of piperazine rings is 1. The first-order valence-corrected chi connectivity index (χ1v) is 5.18. The Morgan fingerprint density at radius 1 is 1.33 bits per heavy atom. The molecule has 1 heterocycles. The van der Waals surface area contributed by atoms with Gasteiger partial charge in [-0.1, -0.05) is 0 Å². The summed E-state index contributed by atoms with van der Waals surface area (Å²) in [6.07, 6.45) is 1.18. The number of hydrogen-bond donors (Lipinski definition) is 1. The summed E-state index contributed by atoms with van der Waals surface area (Å²) in [5, 5.41) is 0. The molecule has 1 rings (SSSR count). The van der Waals surface area contributed by atoms with Gasteiger partial charge in [0, 0.05) is 38.1 Å². The Kier molecular flexibility index (Phi) is 3.68. The Labute approximate surface area is 90.2 Å². The number of nitrogens with two attached hydrogens (primary N) is 1. The molecule has 0 saturated carbocycles. The Hall–Kier alpha value is -1.10. The zero-order valence-corrected chi connectivity index (χ0v) is 9.40. The van der Waals surface area contributed by atoms with E-state index < -0.39 is 5.54 Å². The molecule has 1 aliphatic rings. The van der Waals surface area contributed by atoms with Gasteiger partial charge in [0.2, 0.25) is 12.3 Å². The van der Waals surface area contributed by atoms with Crippen LogP contribution in [0.5, 0.6) is 0 Å². The summed E-state index contributed by atoms with van der Waals surface area (Å²) in [7, 11) is 0. The van der Waals surface area contributed by atoms with Gasteiger partial charge < -0.3 is 15.5 Å². The molecule has 1 saturated heterocycles. The van der Waals surface area contributed by atoms with Crippen molar-refractivity contribution >= 4 is 12.3 Å². The van der Waals surface area contributed by atoms with Crippen molar-refractivity contribution in [3.63, 3.8) is 0 Å². The van der Waals surface area contributed by atoms with Crippen LogP contribution < -0.4 is 5.73 Å². The molecule has 0 aliphatic carbocycles. The maximum absolute atomic E-state index is 11.7. The average molecular weight is 213 g/mol. The summed E-state index contributed by atoms with van der Waals surface area (Å²) in [6.45, 7) is 6.17. The quantitative estimate of drug-likeness (QED) is 0.637. The highest BCUT2D eigenvalue weighted by molar-refractivity contribution is 5.77. The molecule has 0 aromatic rings. The van der Waals surface area contributed by atoms with Crippen molar-refractivity contribution < 1.29 is 9.59 Å². The van der Waals surface area contributed by atoms with Gasteiger partial charge in [-0.05, 0) is 13.8 Å². The maximum atomic E-state index is 11.7. The number of hydrogen-bond acceptors (Lipinski definition) is 3. The predicted octanol–water partition coefficient (Wildman–Crippen LogP) is -0.586. The van der Waals surface area contributed by atoms with Crippen LogP contribution in [0.1, 0.15) is 20.3 Å². The summed E-state index contributed by atoms with van der Waals surface area (Å²) in [5.41, 5.74) is 5.32. The highest BCUT2D eigenvalue weighted by Crippen LogP contribution is 2.09. The SMILES string of the molecule is CC(C)(N)CC(=O)N1CCN(C=O)CC1. The second-order valence-corrected chi connectivity index (χ2v) is 4.69. The lowest BCUT2D eigenvalue weighted by atomic mass is 10.0. The van der Waals surface area contributed by atoms with E-state index in [2.05, 4.69) is 0 Å². The Bertz CT molecular complexity index is 240. The van der Waals surface area contributed by atoms with Crippen LogP contribution >= 0.6 is 0 Å². The molecule has 0 aromatic heterocycles. The van der Waals surface area contributed by atoms with Gasteiger partial charge in [0.05, 0.1) is 0 Å². The summed E-state index contributed by atoms with van der Waals surface area (Å²) < 4.78 is 0. The zero-order chi connectivity index (χ0) is 11.5. The smallest absolute Gasteiger partial charge is 0.224 e. The summed E-state index contributed by atoms with van der Waals surface area (Å²) in [5.74, 6) is 0.0769. The fourth-order valence-corrected chi connectivity index (χ4v) is 1.58. The molecular weight excluding hydrogens is 194 g/mol. The van der Waals surface area contributed by atoms with Crippen LogP contribution in [-0.4, -0.2) is 53.8 Å². The van der Waals surface area contributed by atoms with E-state index in [1.54, 1.807) is 9.80 Å². The van der Waals surface area contributed by atoms with E-state index in [4.69, 9.17) is 5.73 Å². The second-order valence-electron chi connectivity index (χ2n) is 4.69. The van der Waals surface area contributed by atoms with Crippen LogP contribution in [0.25, 0.3) is 0 Å². The molecule has 86 valence electrons. The third kappa shape index (κ3) is 3.87. The number of carbonyl (C=O) groups excluding carboxylic acids is 2. The number of carbonyl (C=O) groups is 2. The Balaban J connectivity index is 2.40. The fraction of sp³-hybridized carbons (Fsp3) is 0.800. The first-order chi connectivity index (χ1) is 6.92. The van der Waals surface area contributed by atoms with Gasteiger partial charge >= 0.3 is 0 Å². The lowest BCUT2D eigenvalue weighted by Crippen LogP contribution is -2.50. The molecule has 0 atom stereocenters. The second kappa shape index (κ2) is 4.61. The maximum Gasteiger partial charge on any atom is 0.224 e. The van der Waals surface area contributed by atoms with Crippen molar-refractivity contribution in [3.8, 4) is 0 Å². The average Bonchev–Trinajstić information content (AvgIpc) is 2.15. The minimum atomic E-state index is -0.459. The molecule has 0 spiro atoms. The molecule has 1 fully saturated rings. The molecule has 5 heteroatoms. The van der Waals surface area contributed by atoms with Crippen LogP contribution in [0, 0.1) is 0 Å². The van der Waals surface area contributed by atoms with E-state index in [0.717, 1.165) is 6.41 Å². The first kappa shape index (κ1) is 12.0. The summed E-state index contributed by atoms with van der Waals surface area (Å²) >= 11 is 0. The minimum absolute atomic E-state index is 0.0769. The Morgan fingerprint density at radius 3 is 2.27 bits per heavy atom. The molecule has 0 bridgehead atoms. The predicted molar refractivity (Wildman–Crippen MR) is 57.1 cm³/mol.